The van der Waals surface area contributed by atoms with Crippen LogP contribution < -0.4 is 10.6 Å². The van der Waals surface area contributed by atoms with E-state index in [0.717, 1.165) is 6.42 Å². The maximum atomic E-state index is 11.7. The molecule has 0 spiro atoms. The van der Waals surface area contributed by atoms with Gasteiger partial charge in [0.25, 0.3) is 0 Å². The lowest BCUT2D eigenvalue weighted by atomic mass is 10.1. The summed E-state index contributed by atoms with van der Waals surface area (Å²) in [4.78, 5) is 26.4. The number of aromatic carboxylic acids is 1. The van der Waals surface area contributed by atoms with Crippen LogP contribution in [0.15, 0.2) is 18.3 Å². The maximum Gasteiger partial charge on any atom is 0.356 e. The van der Waals surface area contributed by atoms with E-state index in [-0.39, 0.29) is 17.4 Å². The van der Waals surface area contributed by atoms with Crippen LogP contribution in [0.1, 0.15) is 37.7 Å². The number of rotatable bonds is 5. The molecule has 0 bridgehead atoms. The molecular formula is C13H19N3O3. The average Bonchev–Trinajstić information content (AvgIpc) is 2.27. The van der Waals surface area contributed by atoms with E-state index in [9.17, 15) is 9.59 Å². The molecule has 1 rings (SSSR count). The monoisotopic (exact) mass is 265 g/mol. The fourth-order valence-corrected chi connectivity index (χ4v) is 1.82. The van der Waals surface area contributed by atoms with Gasteiger partial charge in [-0.1, -0.05) is 13.8 Å². The fourth-order valence-electron chi connectivity index (χ4n) is 1.82. The van der Waals surface area contributed by atoms with E-state index < -0.39 is 12.0 Å². The van der Waals surface area contributed by atoms with Gasteiger partial charge in [-0.2, -0.15) is 0 Å². The Bertz CT molecular complexity index is 460. The first-order valence-corrected chi connectivity index (χ1v) is 6.16. The number of nitrogens with zero attached hydrogens (tertiary/aromatic N) is 1. The highest BCUT2D eigenvalue weighted by Gasteiger charge is 2.14. The van der Waals surface area contributed by atoms with E-state index in [0.29, 0.717) is 5.92 Å². The number of aromatic nitrogens is 1. The third kappa shape index (κ3) is 4.95. The van der Waals surface area contributed by atoms with Crippen LogP contribution in [-0.2, 0) is 0 Å². The lowest BCUT2D eigenvalue weighted by Gasteiger charge is -2.16. The molecule has 0 aliphatic rings. The minimum absolute atomic E-state index is 0.0185. The SMILES string of the molecule is CC(C)CC(C)NC(=O)Nc1cccnc1C(=O)O. The molecule has 1 atom stereocenters. The van der Waals surface area contributed by atoms with Crippen LogP contribution in [-0.4, -0.2) is 28.1 Å². The summed E-state index contributed by atoms with van der Waals surface area (Å²) in [5.74, 6) is -0.700. The molecule has 1 unspecified atom stereocenters. The molecule has 0 aliphatic carbocycles. The van der Waals surface area contributed by atoms with Crippen molar-refractivity contribution in [2.24, 2.45) is 5.92 Å². The summed E-state index contributed by atoms with van der Waals surface area (Å²) >= 11 is 0. The second-order valence-corrected chi connectivity index (χ2v) is 4.83. The zero-order chi connectivity index (χ0) is 14.4. The summed E-state index contributed by atoms with van der Waals surface area (Å²) in [7, 11) is 0. The Morgan fingerprint density at radius 3 is 2.63 bits per heavy atom. The molecule has 1 aromatic heterocycles. The number of anilines is 1. The van der Waals surface area contributed by atoms with Crippen molar-refractivity contribution < 1.29 is 14.7 Å². The first-order valence-electron chi connectivity index (χ1n) is 6.16. The Labute approximate surface area is 112 Å². The summed E-state index contributed by atoms with van der Waals surface area (Å²) in [6.07, 6.45) is 2.22. The summed E-state index contributed by atoms with van der Waals surface area (Å²) in [5.41, 5.74) is 0.0124. The standard InChI is InChI=1S/C13H19N3O3/c1-8(2)7-9(3)15-13(19)16-10-5-4-6-14-11(10)12(17)18/h4-6,8-9H,7H2,1-3H3,(H,17,18)(H2,15,16,19). The van der Waals surface area contributed by atoms with Crippen LogP contribution in [0.25, 0.3) is 0 Å². The molecular weight excluding hydrogens is 246 g/mol. The van der Waals surface area contributed by atoms with E-state index in [4.69, 9.17) is 5.11 Å². The average molecular weight is 265 g/mol. The maximum absolute atomic E-state index is 11.7. The lowest BCUT2D eigenvalue weighted by Crippen LogP contribution is -2.37. The quantitative estimate of drug-likeness (QED) is 0.762. The molecule has 104 valence electrons. The first kappa shape index (κ1) is 14.9. The van der Waals surface area contributed by atoms with Gasteiger partial charge >= 0.3 is 12.0 Å². The highest BCUT2D eigenvalue weighted by atomic mass is 16.4. The van der Waals surface area contributed by atoms with Crippen LogP contribution in [0, 0.1) is 5.92 Å². The smallest absolute Gasteiger partial charge is 0.356 e. The van der Waals surface area contributed by atoms with Crippen LogP contribution >= 0.6 is 0 Å². The number of amides is 2. The van der Waals surface area contributed by atoms with Crippen molar-refractivity contribution in [1.82, 2.24) is 10.3 Å². The molecule has 6 heteroatoms. The Kier molecular flexibility index (Phi) is 5.29. The number of carbonyl (C=O) groups is 2. The van der Waals surface area contributed by atoms with Crippen molar-refractivity contribution in [2.45, 2.75) is 33.2 Å². The van der Waals surface area contributed by atoms with Gasteiger partial charge in [-0.3, -0.25) is 0 Å². The van der Waals surface area contributed by atoms with E-state index in [1.54, 1.807) is 6.07 Å². The van der Waals surface area contributed by atoms with Gasteiger partial charge < -0.3 is 15.7 Å². The predicted molar refractivity (Wildman–Crippen MR) is 72.3 cm³/mol. The number of hydrogen-bond acceptors (Lipinski definition) is 3. The molecule has 1 aromatic rings. The van der Waals surface area contributed by atoms with Crippen molar-refractivity contribution >= 4 is 17.7 Å². The van der Waals surface area contributed by atoms with Gasteiger partial charge in [-0.25, -0.2) is 14.6 Å². The van der Waals surface area contributed by atoms with E-state index in [1.165, 1.54) is 12.3 Å². The highest BCUT2D eigenvalue weighted by Crippen LogP contribution is 2.12. The number of carboxylic acid groups (broad SMARTS) is 1. The van der Waals surface area contributed by atoms with Gasteiger partial charge in [0, 0.05) is 12.2 Å². The van der Waals surface area contributed by atoms with Gasteiger partial charge in [-0.15, -0.1) is 0 Å². The summed E-state index contributed by atoms with van der Waals surface area (Å²) in [5, 5.41) is 14.2. The third-order valence-corrected chi connectivity index (χ3v) is 2.46. The van der Waals surface area contributed by atoms with Crippen molar-refractivity contribution in [2.75, 3.05) is 5.32 Å². The molecule has 0 radical (unpaired) electrons. The normalized spacial score (nSPS) is 12.0. The number of pyridine rings is 1. The minimum atomic E-state index is -1.17. The summed E-state index contributed by atoms with van der Waals surface area (Å²) in [6, 6.07) is 2.66. The van der Waals surface area contributed by atoms with Crippen LogP contribution in [0.4, 0.5) is 10.5 Å². The van der Waals surface area contributed by atoms with Crippen molar-refractivity contribution in [1.29, 1.82) is 0 Å². The number of nitrogens with one attached hydrogen (secondary N) is 2. The van der Waals surface area contributed by atoms with E-state index in [2.05, 4.69) is 29.5 Å². The van der Waals surface area contributed by atoms with E-state index >= 15 is 0 Å². The molecule has 0 fully saturated rings. The third-order valence-electron chi connectivity index (χ3n) is 2.46. The second kappa shape index (κ2) is 6.72. The number of hydrogen-bond donors (Lipinski definition) is 3. The Morgan fingerprint density at radius 2 is 2.05 bits per heavy atom. The zero-order valence-corrected chi connectivity index (χ0v) is 11.3. The topological polar surface area (TPSA) is 91.3 Å². The predicted octanol–water partition coefficient (Wildman–Crippen LogP) is 2.34. The Hall–Kier alpha value is -2.11. The number of carboxylic acids is 1. The molecule has 6 nitrogen and oxygen atoms in total. The zero-order valence-electron chi connectivity index (χ0n) is 11.3. The molecule has 2 amide bonds. The van der Waals surface area contributed by atoms with Crippen LogP contribution in [0.2, 0.25) is 0 Å². The van der Waals surface area contributed by atoms with Gasteiger partial charge in [-0.05, 0) is 31.4 Å². The minimum Gasteiger partial charge on any atom is -0.476 e. The largest absolute Gasteiger partial charge is 0.476 e. The number of urea groups is 1. The molecule has 3 N–H and O–H groups in total. The van der Waals surface area contributed by atoms with E-state index in [1.807, 2.05) is 6.92 Å². The van der Waals surface area contributed by atoms with Crippen molar-refractivity contribution in [3.63, 3.8) is 0 Å². The highest BCUT2D eigenvalue weighted by molar-refractivity contribution is 5.98. The fraction of sp³-hybridized carbons (Fsp3) is 0.462. The Morgan fingerprint density at radius 1 is 1.37 bits per heavy atom. The van der Waals surface area contributed by atoms with Gasteiger partial charge in [0.2, 0.25) is 0 Å². The number of carbonyl (C=O) groups excluding carboxylic acids is 1. The molecule has 0 aromatic carbocycles. The van der Waals surface area contributed by atoms with Gasteiger partial charge in [0.05, 0.1) is 5.69 Å². The molecule has 0 saturated heterocycles. The second-order valence-electron chi connectivity index (χ2n) is 4.83. The van der Waals surface area contributed by atoms with Gasteiger partial charge in [0.15, 0.2) is 5.69 Å². The lowest BCUT2D eigenvalue weighted by molar-refractivity contribution is 0.0692. The summed E-state index contributed by atoms with van der Waals surface area (Å²) < 4.78 is 0. The Balaban J connectivity index is 2.65. The molecule has 0 aliphatic heterocycles. The summed E-state index contributed by atoms with van der Waals surface area (Å²) in [6.45, 7) is 6.04. The molecule has 1 heterocycles. The van der Waals surface area contributed by atoms with Crippen LogP contribution in [0.3, 0.4) is 0 Å². The van der Waals surface area contributed by atoms with Crippen molar-refractivity contribution in [3.05, 3.63) is 24.0 Å². The molecule has 0 saturated carbocycles. The van der Waals surface area contributed by atoms with Gasteiger partial charge in [0.1, 0.15) is 0 Å². The molecule has 19 heavy (non-hydrogen) atoms. The van der Waals surface area contributed by atoms with Crippen LogP contribution in [0.5, 0.6) is 0 Å². The first-order chi connectivity index (χ1) is 8.90. The van der Waals surface area contributed by atoms with Crippen molar-refractivity contribution in [3.8, 4) is 0 Å².